The van der Waals surface area contributed by atoms with Crippen molar-refractivity contribution >= 4 is 11.6 Å². The minimum atomic E-state index is -0.686. The van der Waals surface area contributed by atoms with Crippen LogP contribution in [0.15, 0.2) is 24.3 Å². The molecule has 3 atom stereocenters. The molecular formula is C26H42N2O3. The van der Waals surface area contributed by atoms with E-state index in [1.54, 1.807) is 0 Å². The average molecular weight is 431 g/mol. The highest BCUT2D eigenvalue weighted by Crippen LogP contribution is 2.36. The number of piperidine rings is 1. The van der Waals surface area contributed by atoms with Crippen molar-refractivity contribution in [1.29, 1.82) is 0 Å². The first kappa shape index (κ1) is 24.1. The predicted molar refractivity (Wildman–Crippen MR) is 127 cm³/mol. The van der Waals surface area contributed by atoms with Gasteiger partial charge in [-0.05, 0) is 88.6 Å². The molecule has 0 unspecified atom stereocenters. The average Bonchev–Trinajstić information content (AvgIpc) is 2.77. The molecule has 0 radical (unpaired) electrons. The van der Waals surface area contributed by atoms with Crippen molar-refractivity contribution in [1.82, 2.24) is 4.90 Å². The largest absolute Gasteiger partial charge is 0.494 e. The van der Waals surface area contributed by atoms with Gasteiger partial charge in [-0.25, -0.2) is 0 Å². The van der Waals surface area contributed by atoms with Crippen LogP contribution in [0.5, 0.6) is 5.75 Å². The van der Waals surface area contributed by atoms with Gasteiger partial charge in [-0.1, -0.05) is 26.7 Å². The summed E-state index contributed by atoms with van der Waals surface area (Å²) in [6.45, 7) is 10.3. The van der Waals surface area contributed by atoms with E-state index in [0.29, 0.717) is 18.6 Å². The summed E-state index contributed by atoms with van der Waals surface area (Å²) in [4.78, 5) is 15.7. The van der Waals surface area contributed by atoms with Crippen LogP contribution in [0.1, 0.15) is 78.6 Å². The second-order valence-electron chi connectivity index (χ2n) is 9.61. The van der Waals surface area contributed by atoms with Crippen LogP contribution in [-0.2, 0) is 9.53 Å². The van der Waals surface area contributed by atoms with Gasteiger partial charge in [0.2, 0.25) is 0 Å². The number of nitrogens with zero attached hydrogens (tertiary/aromatic N) is 1. The van der Waals surface area contributed by atoms with Gasteiger partial charge in [-0.3, -0.25) is 4.79 Å². The topological polar surface area (TPSA) is 50.8 Å². The molecule has 2 aliphatic rings. The van der Waals surface area contributed by atoms with Crippen molar-refractivity contribution in [3.63, 3.8) is 0 Å². The van der Waals surface area contributed by atoms with E-state index in [4.69, 9.17) is 9.47 Å². The van der Waals surface area contributed by atoms with Crippen LogP contribution in [0, 0.1) is 5.92 Å². The molecule has 1 amide bonds. The summed E-state index contributed by atoms with van der Waals surface area (Å²) >= 11 is 0. The molecule has 0 bridgehead atoms. The summed E-state index contributed by atoms with van der Waals surface area (Å²) in [6, 6.07) is 8.46. The number of benzene rings is 1. The van der Waals surface area contributed by atoms with E-state index in [2.05, 4.69) is 31.0 Å². The molecule has 1 aliphatic carbocycles. The van der Waals surface area contributed by atoms with E-state index >= 15 is 0 Å². The third-order valence-corrected chi connectivity index (χ3v) is 6.86. The van der Waals surface area contributed by atoms with E-state index < -0.39 is 5.60 Å². The Hall–Kier alpha value is -1.59. The van der Waals surface area contributed by atoms with Gasteiger partial charge in [0.1, 0.15) is 11.4 Å². The van der Waals surface area contributed by atoms with Gasteiger partial charge in [-0.2, -0.15) is 0 Å². The number of ether oxygens (including phenoxy) is 2. The smallest absolute Gasteiger partial charge is 0.256 e. The number of nitrogens with one attached hydrogen (secondary N) is 1. The highest BCUT2D eigenvalue weighted by molar-refractivity contribution is 5.97. The zero-order chi connectivity index (χ0) is 22.1. The van der Waals surface area contributed by atoms with Crippen LogP contribution in [-0.4, -0.2) is 48.8 Å². The van der Waals surface area contributed by atoms with Crippen LogP contribution >= 0.6 is 0 Å². The molecule has 3 rings (SSSR count). The highest BCUT2D eigenvalue weighted by Gasteiger charge is 2.42. The van der Waals surface area contributed by atoms with Crippen molar-refractivity contribution in [2.24, 2.45) is 5.92 Å². The molecular weight excluding hydrogens is 388 g/mol. The lowest BCUT2D eigenvalue weighted by atomic mass is 9.78. The number of hydrogen-bond donors (Lipinski definition) is 1. The molecule has 1 aromatic carbocycles. The summed E-state index contributed by atoms with van der Waals surface area (Å²) < 4.78 is 12.1. The summed E-state index contributed by atoms with van der Waals surface area (Å²) in [5.41, 5.74) is 0.117. The highest BCUT2D eigenvalue weighted by atomic mass is 16.5. The first-order valence-corrected chi connectivity index (χ1v) is 12.4. The van der Waals surface area contributed by atoms with Gasteiger partial charge >= 0.3 is 0 Å². The van der Waals surface area contributed by atoms with Crippen LogP contribution < -0.4 is 10.1 Å². The molecule has 5 heteroatoms. The second-order valence-corrected chi connectivity index (χ2v) is 9.61. The fourth-order valence-corrected chi connectivity index (χ4v) is 5.03. The second kappa shape index (κ2) is 11.9. The summed E-state index contributed by atoms with van der Waals surface area (Å²) in [5.74, 6) is 1.37. The molecule has 1 heterocycles. The standard InChI is InChI=1S/C26H42N2O3/c1-4-18-31-26(15-7-9-21(2)20-26)25(29)27-23-11-13-24(14-12-23)30-19-8-17-28-16-6-5-10-22(28)3/h11-14,21-22H,4-10,15-20H2,1-3H3,(H,27,29)/t21-,22-,26+/m0/s1. The fraction of sp³-hybridized carbons (Fsp3) is 0.731. The molecule has 1 aliphatic heterocycles. The molecule has 5 nitrogen and oxygen atoms in total. The van der Waals surface area contributed by atoms with Crippen LogP contribution in [0.2, 0.25) is 0 Å². The summed E-state index contributed by atoms with van der Waals surface area (Å²) in [5, 5.41) is 3.10. The molecule has 31 heavy (non-hydrogen) atoms. The minimum absolute atomic E-state index is 0.00294. The number of amides is 1. The summed E-state index contributed by atoms with van der Waals surface area (Å²) in [7, 11) is 0. The first-order chi connectivity index (χ1) is 15.0. The Bertz CT molecular complexity index is 678. The monoisotopic (exact) mass is 430 g/mol. The lowest BCUT2D eigenvalue weighted by molar-refractivity contribution is -0.148. The number of rotatable bonds is 10. The Kier molecular flexibility index (Phi) is 9.21. The Balaban J connectivity index is 1.47. The van der Waals surface area contributed by atoms with Crippen molar-refractivity contribution < 1.29 is 14.3 Å². The number of anilines is 1. The lowest BCUT2D eigenvalue weighted by Gasteiger charge is -2.38. The molecule has 1 saturated carbocycles. The van der Waals surface area contributed by atoms with Crippen molar-refractivity contribution in [2.45, 2.75) is 90.2 Å². The van der Waals surface area contributed by atoms with Crippen molar-refractivity contribution in [3.05, 3.63) is 24.3 Å². The maximum atomic E-state index is 13.1. The third-order valence-electron chi connectivity index (χ3n) is 6.86. The number of carbonyl (C=O) groups excluding carboxylic acids is 1. The van der Waals surface area contributed by atoms with Gasteiger partial charge in [-0.15, -0.1) is 0 Å². The molecule has 2 fully saturated rings. The normalized spacial score (nSPS) is 27.1. The Morgan fingerprint density at radius 2 is 1.94 bits per heavy atom. The maximum absolute atomic E-state index is 13.1. The van der Waals surface area contributed by atoms with Crippen LogP contribution in [0.4, 0.5) is 5.69 Å². The zero-order valence-corrected chi connectivity index (χ0v) is 19.8. The lowest BCUT2D eigenvalue weighted by Crippen LogP contribution is -2.48. The SMILES string of the molecule is CCCO[C@]1(C(=O)Nc2ccc(OCCCN3CCCC[C@@H]3C)cc2)CCC[C@H](C)C1. The molecule has 1 aromatic rings. The summed E-state index contributed by atoms with van der Waals surface area (Å²) in [6.07, 6.45) is 9.79. The first-order valence-electron chi connectivity index (χ1n) is 12.4. The number of hydrogen-bond acceptors (Lipinski definition) is 4. The predicted octanol–water partition coefficient (Wildman–Crippen LogP) is 5.64. The molecule has 0 aromatic heterocycles. The van der Waals surface area contributed by atoms with Gasteiger partial charge in [0, 0.05) is 24.9 Å². The number of carbonyl (C=O) groups is 1. The van der Waals surface area contributed by atoms with Gasteiger partial charge in [0.05, 0.1) is 6.61 Å². The van der Waals surface area contributed by atoms with Gasteiger partial charge < -0.3 is 19.7 Å². The molecule has 1 N–H and O–H groups in total. The molecule has 174 valence electrons. The Labute approximate surface area is 188 Å². The number of likely N-dealkylation sites (tertiary alicyclic amines) is 1. The van der Waals surface area contributed by atoms with E-state index in [9.17, 15) is 4.79 Å². The quantitative estimate of drug-likeness (QED) is 0.488. The van der Waals surface area contributed by atoms with Gasteiger partial charge in [0.15, 0.2) is 0 Å². The van der Waals surface area contributed by atoms with Crippen LogP contribution in [0.3, 0.4) is 0 Å². The van der Waals surface area contributed by atoms with Crippen LogP contribution in [0.25, 0.3) is 0 Å². The minimum Gasteiger partial charge on any atom is -0.494 e. The van der Waals surface area contributed by atoms with E-state index in [-0.39, 0.29) is 5.91 Å². The zero-order valence-electron chi connectivity index (χ0n) is 19.8. The Morgan fingerprint density at radius 1 is 1.13 bits per heavy atom. The van der Waals surface area contributed by atoms with Crippen molar-refractivity contribution in [3.8, 4) is 5.75 Å². The van der Waals surface area contributed by atoms with Gasteiger partial charge in [0.25, 0.3) is 5.91 Å². The third kappa shape index (κ3) is 6.95. The van der Waals surface area contributed by atoms with E-state index in [0.717, 1.165) is 56.7 Å². The molecule has 1 saturated heterocycles. The van der Waals surface area contributed by atoms with E-state index in [1.165, 1.54) is 32.2 Å². The Morgan fingerprint density at radius 3 is 2.65 bits per heavy atom. The fourth-order valence-electron chi connectivity index (χ4n) is 5.03. The maximum Gasteiger partial charge on any atom is 0.256 e. The van der Waals surface area contributed by atoms with Crippen molar-refractivity contribution in [2.75, 3.05) is 31.6 Å². The van der Waals surface area contributed by atoms with E-state index in [1.807, 2.05) is 24.3 Å². The molecule has 0 spiro atoms.